The number of hydrogen-bond donors (Lipinski definition) is 1. The van der Waals surface area contributed by atoms with E-state index in [0.717, 1.165) is 0 Å². The fraction of sp³-hybridized carbons (Fsp3) is 0.370. The zero-order valence-electron chi connectivity index (χ0n) is 20.9. The Balaban J connectivity index is 1.60. The highest BCUT2D eigenvalue weighted by atomic mass is 19.1. The van der Waals surface area contributed by atoms with E-state index in [2.05, 4.69) is 5.32 Å². The average molecular weight is 513 g/mol. The molecule has 1 fully saturated rings. The molecule has 1 unspecified atom stereocenters. The quantitative estimate of drug-likeness (QED) is 0.576. The first-order valence-electron chi connectivity index (χ1n) is 12.3. The lowest BCUT2D eigenvalue weighted by atomic mass is 9.94. The first-order valence-corrected chi connectivity index (χ1v) is 12.3. The van der Waals surface area contributed by atoms with E-state index in [4.69, 9.17) is 4.74 Å². The van der Waals surface area contributed by atoms with Gasteiger partial charge in [0.1, 0.15) is 11.6 Å². The molecule has 1 saturated heterocycles. The summed E-state index contributed by atoms with van der Waals surface area (Å²) in [5.74, 6) is -2.00. The van der Waals surface area contributed by atoms with Gasteiger partial charge < -0.3 is 15.0 Å². The zero-order valence-corrected chi connectivity index (χ0v) is 20.9. The molecule has 1 atom stereocenters. The van der Waals surface area contributed by atoms with E-state index in [1.807, 2.05) is 4.90 Å². The monoisotopic (exact) mass is 512 g/mol. The molecule has 2 aliphatic rings. The fourth-order valence-corrected chi connectivity index (χ4v) is 4.72. The van der Waals surface area contributed by atoms with Crippen LogP contribution in [0.15, 0.2) is 59.8 Å². The number of nitrogens with zero attached hydrogens (tertiary/aromatic N) is 3. The second kappa shape index (κ2) is 11.5. The van der Waals surface area contributed by atoms with Crippen LogP contribution in [0.3, 0.4) is 0 Å². The molecule has 196 valence electrons. The molecule has 0 spiro atoms. The molecule has 2 heterocycles. The third kappa shape index (κ3) is 5.64. The second-order valence-electron chi connectivity index (χ2n) is 8.81. The predicted octanol–water partition coefficient (Wildman–Crippen LogP) is 3.33. The van der Waals surface area contributed by atoms with Gasteiger partial charge in [0.25, 0.3) is 5.91 Å². The largest absolute Gasteiger partial charge is 0.463 e. The number of nitrogens with one attached hydrogen (secondary N) is 1. The van der Waals surface area contributed by atoms with Crippen LogP contribution < -0.4 is 5.32 Å². The summed E-state index contributed by atoms with van der Waals surface area (Å²) in [6, 6.07) is 10.4. The van der Waals surface area contributed by atoms with Gasteiger partial charge in [0.05, 0.1) is 23.8 Å². The van der Waals surface area contributed by atoms with E-state index >= 15 is 0 Å². The molecule has 0 bridgehead atoms. The van der Waals surface area contributed by atoms with Crippen molar-refractivity contribution in [1.29, 1.82) is 0 Å². The number of urea groups is 1. The summed E-state index contributed by atoms with van der Waals surface area (Å²) >= 11 is 0. The molecular formula is C27H30F2N4O4. The van der Waals surface area contributed by atoms with Crippen molar-refractivity contribution in [2.24, 2.45) is 0 Å². The summed E-state index contributed by atoms with van der Waals surface area (Å²) in [6.07, 6.45) is 0. The molecular weight excluding hydrogens is 482 g/mol. The van der Waals surface area contributed by atoms with E-state index in [9.17, 15) is 23.2 Å². The van der Waals surface area contributed by atoms with E-state index in [1.165, 1.54) is 41.3 Å². The summed E-state index contributed by atoms with van der Waals surface area (Å²) in [5.41, 5.74) is 1.19. The molecule has 0 radical (unpaired) electrons. The average Bonchev–Trinajstić information content (AvgIpc) is 2.89. The maximum atomic E-state index is 14.1. The van der Waals surface area contributed by atoms with Gasteiger partial charge in [-0.25, -0.2) is 18.4 Å². The molecule has 2 aromatic carbocycles. The Bertz CT molecular complexity index is 1210. The van der Waals surface area contributed by atoms with Crippen molar-refractivity contribution in [2.75, 3.05) is 45.9 Å². The van der Waals surface area contributed by atoms with E-state index < -0.39 is 29.7 Å². The molecule has 2 aliphatic heterocycles. The van der Waals surface area contributed by atoms with Crippen molar-refractivity contribution < 1.29 is 27.9 Å². The van der Waals surface area contributed by atoms with Gasteiger partial charge in [0.15, 0.2) is 0 Å². The molecule has 8 nitrogen and oxygen atoms in total. The van der Waals surface area contributed by atoms with Gasteiger partial charge >= 0.3 is 12.0 Å². The molecule has 2 aromatic rings. The van der Waals surface area contributed by atoms with Crippen LogP contribution in [0.5, 0.6) is 0 Å². The molecule has 3 amide bonds. The number of rotatable bonds is 7. The van der Waals surface area contributed by atoms with Crippen molar-refractivity contribution in [3.8, 4) is 0 Å². The third-order valence-electron chi connectivity index (χ3n) is 6.57. The van der Waals surface area contributed by atoms with Crippen molar-refractivity contribution in [3.63, 3.8) is 0 Å². The lowest BCUT2D eigenvalue weighted by Gasteiger charge is -2.40. The van der Waals surface area contributed by atoms with Crippen molar-refractivity contribution in [1.82, 2.24) is 20.0 Å². The summed E-state index contributed by atoms with van der Waals surface area (Å²) in [4.78, 5) is 44.1. The number of hydrogen-bond acceptors (Lipinski definition) is 5. The molecule has 0 aliphatic carbocycles. The number of amides is 3. The molecule has 0 saturated carbocycles. The fourth-order valence-electron chi connectivity index (χ4n) is 4.72. The second-order valence-corrected chi connectivity index (χ2v) is 8.81. The van der Waals surface area contributed by atoms with Gasteiger partial charge in [-0.1, -0.05) is 24.3 Å². The highest BCUT2D eigenvalue weighted by molar-refractivity contribution is 5.95. The number of carbonyl (C=O) groups is 3. The lowest BCUT2D eigenvalue weighted by molar-refractivity contribution is -0.139. The van der Waals surface area contributed by atoms with Crippen molar-refractivity contribution in [2.45, 2.75) is 19.9 Å². The topological polar surface area (TPSA) is 82.2 Å². The van der Waals surface area contributed by atoms with Crippen molar-refractivity contribution >= 4 is 17.9 Å². The number of carbonyl (C=O) groups excluding carboxylic acids is 3. The number of likely N-dealkylation sites (N-methyl/N-ethyl adjacent to an activating group) is 1. The molecule has 4 rings (SSSR count). The number of benzene rings is 2. The van der Waals surface area contributed by atoms with Gasteiger partial charge in [-0.05, 0) is 43.7 Å². The summed E-state index contributed by atoms with van der Waals surface area (Å²) in [5, 5.41) is 2.82. The molecule has 0 aromatic heterocycles. The molecule has 10 heteroatoms. The number of ether oxygens (including phenoxy) is 1. The van der Waals surface area contributed by atoms with Gasteiger partial charge in [0.2, 0.25) is 0 Å². The first-order chi connectivity index (χ1) is 17.8. The Morgan fingerprint density at radius 3 is 2.41 bits per heavy atom. The van der Waals surface area contributed by atoms with Gasteiger partial charge in [-0.15, -0.1) is 0 Å². The maximum Gasteiger partial charge on any atom is 0.338 e. The van der Waals surface area contributed by atoms with Crippen LogP contribution in [0, 0.1) is 11.6 Å². The minimum Gasteiger partial charge on any atom is -0.463 e. The summed E-state index contributed by atoms with van der Waals surface area (Å²) in [6.45, 7) is 5.85. The van der Waals surface area contributed by atoms with Crippen LogP contribution in [0.2, 0.25) is 0 Å². The SMILES string of the molecule is CCOC(=O)C1=C(CN2CCN(C(=O)c3ccccc3F)CC2)N(CC)C(=O)NC1c1cccc(F)c1. The Labute approximate surface area is 214 Å². The van der Waals surface area contributed by atoms with E-state index in [1.54, 1.807) is 30.9 Å². The van der Waals surface area contributed by atoms with Crippen LogP contribution in [-0.2, 0) is 9.53 Å². The highest BCUT2D eigenvalue weighted by Crippen LogP contribution is 2.32. The van der Waals surface area contributed by atoms with Crippen LogP contribution in [0.1, 0.15) is 35.8 Å². The molecule has 37 heavy (non-hydrogen) atoms. The van der Waals surface area contributed by atoms with Gasteiger partial charge in [-0.2, -0.15) is 0 Å². The summed E-state index contributed by atoms with van der Waals surface area (Å²) in [7, 11) is 0. The first kappa shape index (κ1) is 26.3. The van der Waals surface area contributed by atoms with Crippen LogP contribution >= 0.6 is 0 Å². The van der Waals surface area contributed by atoms with Crippen molar-refractivity contribution in [3.05, 3.63) is 82.6 Å². The number of piperazine rings is 1. The maximum absolute atomic E-state index is 14.1. The Morgan fingerprint density at radius 1 is 1.03 bits per heavy atom. The standard InChI is InChI=1S/C27H30F2N4O4/c1-3-33-22(17-31-12-14-32(15-13-31)25(34)20-10-5-6-11-21(20)29)23(26(35)37-4-2)24(30-27(33)36)18-8-7-9-19(28)16-18/h5-11,16,24H,3-4,12-15,17H2,1-2H3,(H,30,36). The van der Waals surface area contributed by atoms with Crippen LogP contribution in [-0.4, -0.2) is 78.5 Å². The van der Waals surface area contributed by atoms with E-state index in [-0.39, 0.29) is 30.2 Å². The number of halogens is 2. The van der Waals surface area contributed by atoms with Gasteiger partial charge in [-0.3, -0.25) is 14.6 Å². The minimum atomic E-state index is -0.871. The predicted molar refractivity (Wildman–Crippen MR) is 132 cm³/mol. The lowest BCUT2D eigenvalue weighted by Crippen LogP contribution is -2.53. The Morgan fingerprint density at radius 2 is 1.76 bits per heavy atom. The smallest absolute Gasteiger partial charge is 0.338 e. The van der Waals surface area contributed by atoms with Crippen LogP contribution in [0.25, 0.3) is 0 Å². The Hall–Kier alpha value is -3.79. The summed E-state index contributed by atoms with van der Waals surface area (Å²) < 4.78 is 33.5. The normalized spacial score (nSPS) is 18.6. The molecule has 1 N–H and O–H groups in total. The van der Waals surface area contributed by atoms with E-state index in [0.29, 0.717) is 44.0 Å². The third-order valence-corrected chi connectivity index (χ3v) is 6.57. The zero-order chi connectivity index (χ0) is 26.5. The highest BCUT2D eigenvalue weighted by Gasteiger charge is 2.38. The van der Waals surface area contributed by atoms with Gasteiger partial charge in [0, 0.05) is 45.0 Å². The van der Waals surface area contributed by atoms with Crippen LogP contribution in [0.4, 0.5) is 13.6 Å². The minimum absolute atomic E-state index is 0.0299. The Kier molecular flexibility index (Phi) is 8.17. The number of esters is 1.